The van der Waals surface area contributed by atoms with Crippen molar-refractivity contribution in [2.45, 2.75) is 45.3 Å². The lowest BCUT2D eigenvalue weighted by Gasteiger charge is -2.25. The van der Waals surface area contributed by atoms with E-state index < -0.39 is 0 Å². The van der Waals surface area contributed by atoms with E-state index >= 15 is 0 Å². The van der Waals surface area contributed by atoms with Crippen molar-refractivity contribution in [3.63, 3.8) is 0 Å². The average Bonchev–Trinajstić information content (AvgIpc) is 3.40. The van der Waals surface area contributed by atoms with Crippen LogP contribution in [0.5, 0.6) is 0 Å². The fourth-order valence-corrected chi connectivity index (χ4v) is 3.38. The van der Waals surface area contributed by atoms with E-state index in [9.17, 15) is 0 Å². The summed E-state index contributed by atoms with van der Waals surface area (Å²) in [6.45, 7) is 3.56. The van der Waals surface area contributed by atoms with Crippen LogP contribution in [0.2, 0.25) is 0 Å². The van der Waals surface area contributed by atoms with E-state index in [0.29, 0.717) is 6.54 Å². The summed E-state index contributed by atoms with van der Waals surface area (Å²) in [7, 11) is 1.79. The summed E-state index contributed by atoms with van der Waals surface area (Å²) in [4.78, 5) is 13.1. The third-order valence-corrected chi connectivity index (χ3v) is 4.86. The lowest BCUT2D eigenvalue weighted by Crippen LogP contribution is -2.46. The molecular formula is C19H25N9. The molecule has 3 aromatic rings. The van der Waals surface area contributed by atoms with E-state index in [-0.39, 0.29) is 6.04 Å². The van der Waals surface area contributed by atoms with Crippen molar-refractivity contribution in [3.05, 3.63) is 47.8 Å². The number of rotatable bonds is 5. The molecule has 0 spiro atoms. The van der Waals surface area contributed by atoms with Gasteiger partial charge in [-0.1, -0.05) is 25.1 Å². The van der Waals surface area contributed by atoms with E-state index in [2.05, 4.69) is 59.9 Å². The number of nitrogens with zero attached hydrogens (tertiary/aromatic N) is 6. The molecule has 0 fully saturated rings. The molecule has 1 aromatic carbocycles. The van der Waals surface area contributed by atoms with Crippen molar-refractivity contribution in [3.8, 4) is 11.4 Å². The topological polar surface area (TPSA) is 109 Å². The van der Waals surface area contributed by atoms with Gasteiger partial charge in [0.05, 0.1) is 6.54 Å². The maximum atomic E-state index is 4.57. The molecule has 1 aliphatic heterocycles. The number of aliphatic imine (C=N–C) groups is 1. The molecule has 1 atom stereocenters. The zero-order chi connectivity index (χ0) is 19.3. The molecule has 3 heterocycles. The van der Waals surface area contributed by atoms with Crippen LogP contribution >= 0.6 is 0 Å². The van der Waals surface area contributed by atoms with Crippen LogP contribution in [0, 0.1) is 0 Å². The van der Waals surface area contributed by atoms with Crippen LogP contribution in [0.15, 0.2) is 35.6 Å². The molecule has 0 saturated heterocycles. The standard InChI is InChI=1S/C19H25N9/c1-3-16-25-17-8-7-15(11-28(17)27-16)24-19(20-2)21-10-13-5-4-6-14(9-13)18-22-12-23-26-18/h4-6,9,12,15H,3,7-8,10-11H2,1-2H3,(H2,20,21,24)(H,22,23,26). The van der Waals surface area contributed by atoms with Gasteiger partial charge in [-0.05, 0) is 18.1 Å². The summed E-state index contributed by atoms with van der Waals surface area (Å²) < 4.78 is 2.02. The molecule has 3 N–H and O–H groups in total. The SMILES string of the molecule is CCc1nc2n(n1)CC(NC(=NC)NCc1cccc(-c3ncn[nH]3)c1)CC2. The van der Waals surface area contributed by atoms with E-state index in [0.717, 1.165) is 60.4 Å². The van der Waals surface area contributed by atoms with Crippen molar-refractivity contribution >= 4 is 5.96 Å². The van der Waals surface area contributed by atoms with Gasteiger partial charge in [0.25, 0.3) is 0 Å². The molecule has 1 aliphatic rings. The normalized spacial score (nSPS) is 16.6. The minimum atomic E-state index is 0.283. The summed E-state index contributed by atoms with van der Waals surface area (Å²) in [6.07, 6.45) is 4.33. The number of aromatic amines is 1. The van der Waals surface area contributed by atoms with Crippen LogP contribution in [0.1, 0.15) is 30.6 Å². The molecule has 0 amide bonds. The fourth-order valence-electron chi connectivity index (χ4n) is 3.38. The maximum absolute atomic E-state index is 4.57. The van der Waals surface area contributed by atoms with Gasteiger partial charge < -0.3 is 10.6 Å². The van der Waals surface area contributed by atoms with Crippen LogP contribution in [0.3, 0.4) is 0 Å². The fraction of sp³-hybridized carbons (Fsp3) is 0.421. The molecule has 9 heteroatoms. The van der Waals surface area contributed by atoms with Crippen molar-refractivity contribution in [1.29, 1.82) is 0 Å². The Morgan fingerprint density at radius 2 is 2.32 bits per heavy atom. The van der Waals surface area contributed by atoms with Gasteiger partial charge in [0.15, 0.2) is 17.6 Å². The maximum Gasteiger partial charge on any atom is 0.191 e. The minimum absolute atomic E-state index is 0.283. The molecule has 4 rings (SSSR count). The number of fused-ring (bicyclic) bond motifs is 1. The van der Waals surface area contributed by atoms with E-state index in [1.54, 1.807) is 7.05 Å². The Morgan fingerprint density at radius 1 is 1.39 bits per heavy atom. The monoisotopic (exact) mass is 379 g/mol. The van der Waals surface area contributed by atoms with Crippen molar-refractivity contribution < 1.29 is 0 Å². The Kier molecular flexibility index (Phi) is 5.31. The van der Waals surface area contributed by atoms with Crippen LogP contribution in [0.25, 0.3) is 11.4 Å². The molecule has 0 bridgehead atoms. The van der Waals surface area contributed by atoms with Gasteiger partial charge in [0, 0.05) is 38.0 Å². The summed E-state index contributed by atoms with van der Waals surface area (Å²) in [5, 5.41) is 18.3. The summed E-state index contributed by atoms with van der Waals surface area (Å²) in [5.41, 5.74) is 2.16. The first-order valence-corrected chi connectivity index (χ1v) is 9.59. The van der Waals surface area contributed by atoms with Gasteiger partial charge >= 0.3 is 0 Å². The van der Waals surface area contributed by atoms with Gasteiger partial charge in [-0.3, -0.25) is 10.1 Å². The van der Waals surface area contributed by atoms with Crippen LogP contribution in [0.4, 0.5) is 0 Å². The quantitative estimate of drug-likeness (QED) is 0.456. The predicted octanol–water partition coefficient (Wildman–Crippen LogP) is 1.31. The molecule has 9 nitrogen and oxygen atoms in total. The third kappa shape index (κ3) is 4.03. The highest BCUT2D eigenvalue weighted by Gasteiger charge is 2.22. The molecule has 28 heavy (non-hydrogen) atoms. The van der Waals surface area contributed by atoms with Crippen molar-refractivity contribution in [1.82, 2.24) is 40.6 Å². The van der Waals surface area contributed by atoms with E-state index in [1.807, 2.05) is 16.8 Å². The van der Waals surface area contributed by atoms with Crippen LogP contribution in [-0.4, -0.2) is 49.0 Å². The number of hydrogen-bond donors (Lipinski definition) is 3. The lowest BCUT2D eigenvalue weighted by atomic mass is 10.1. The van der Waals surface area contributed by atoms with Gasteiger partial charge in [0.1, 0.15) is 12.2 Å². The first-order valence-electron chi connectivity index (χ1n) is 9.59. The highest BCUT2D eigenvalue weighted by atomic mass is 15.4. The number of aromatic nitrogens is 6. The number of benzene rings is 1. The second kappa shape index (κ2) is 8.20. The first kappa shape index (κ1) is 18.1. The zero-order valence-electron chi connectivity index (χ0n) is 16.2. The molecule has 0 saturated carbocycles. The summed E-state index contributed by atoms with van der Waals surface area (Å²) in [6, 6.07) is 8.48. The second-order valence-corrected chi connectivity index (χ2v) is 6.82. The number of aryl methyl sites for hydroxylation is 2. The zero-order valence-corrected chi connectivity index (χ0v) is 16.2. The number of guanidine groups is 1. The summed E-state index contributed by atoms with van der Waals surface area (Å²) in [5.74, 6) is 3.56. The first-order chi connectivity index (χ1) is 13.7. The molecule has 0 aliphatic carbocycles. The van der Waals surface area contributed by atoms with Gasteiger partial charge in [-0.15, -0.1) is 0 Å². The van der Waals surface area contributed by atoms with Gasteiger partial charge in [-0.2, -0.15) is 10.2 Å². The number of H-pyrrole nitrogens is 1. The number of hydrogen-bond acceptors (Lipinski definition) is 5. The smallest absolute Gasteiger partial charge is 0.191 e. The Morgan fingerprint density at radius 3 is 3.11 bits per heavy atom. The average molecular weight is 379 g/mol. The Labute approximate surface area is 163 Å². The summed E-state index contributed by atoms with van der Waals surface area (Å²) >= 11 is 0. The molecule has 2 aromatic heterocycles. The van der Waals surface area contributed by atoms with Crippen molar-refractivity contribution in [2.24, 2.45) is 4.99 Å². The Bertz CT molecular complexity index is 942. The van der Waals surface area contributed by atoms with E-state index in [4.69, 9.17) is 0 Å². The second-order valence-electron chi connectivity index (χ2n) is 6.82. The van der Waals surface area contributed by atoms with Crippen molar-refractivity contribution in [2.75, 3.05) is 7.05 Å². The Balaban J connectivity index is 1.35. The third-order valence-electron chi connectivity index (χ3n) is 4.86. The molecular weight excluding hydrogens is 354 g/mol. The largest absolute Gasteiger partial charge is 0.352 e. The number of nitrogens with one attached hydrogen (secondary N) is 3. The molecule has 0 radical (unpaired) electrons. The van der Waals surface area contributed by atoms with Gasteiger partial charge in [-0.25, -0.2) is 14.6 Å². The Hall–Kier alpha value is -3.23. The van der Waals surface area contributed by atoms with Crippen LogP contribution in [-0.2, 0) is 25.9 Å². The van der Waals surface area contributed by atoms with Gasteiger partial charge in [0.2, 0.25) is 0 Å². The highest BCUT2D eigenvalue weighted by molar-refractivity contribution is 5.80. The molecule has 1 unspecified atom stereocenters. The van der Waals surface area contributed by atoms with Crippen LogP contribution < -0.4 is 10.6 Å². The highest BCUT2D eigenvalue weighted by Crippen LogP contribution is 2.16. The molecule has 146 valence electrons. The van der Waals surface area contributed by atoms with E-state index in [1.165, 1.54) is 6.33 Å². The lowest BCUT2D eigenvalue weighted by molar-refractivity contribution is 0.392. The predicted molar refractivity (Wildman–Crippen MR) is 107 cm³/mol. The minimum Gasteiger partial charge on any atom is -0.352 e.